The molecule has 0 saturated carbocycles. The van der Waals surface area contributed by atoms with Gasteiger partial charge in [0.05, 0.1) is 3.57 Å². The molecule has 0 radical (unpaired) electrons. The molecule has 19 heavy (non-hydrogen) atoms. The van der Waals surface area contributed by atoms with Crippen LogP contribution < -0.4 is 5.32 Å². The van der Waals surface area contributed by atoms with Crippen molar-refractivity contribution in [2.24, 2.45) is 0 Å². The SMILES string of the molecule is CCCNc1nc(-c2ccc(Cl)cc2Br)ncc1I. The van der Waals surface area contributed by atoms with Crippen LogP contribution in [0.1, 0.15) is 13.3 Å². The monoisotopic (exact) mass is 451 g/mol. The highest BCUT2D eigenvalue weighted by Gasteiger charge is 2.10. The maximum atomic E-state index is 5.95. The molecule has 0 atom stereocenters. The minimum absolute atomic E-state index is 0.683. The molecule has 2 aromatic rings. The first-order valence-corrected chi connectivity index (χ1v) is 8.08. The fraction of sp³-hybridized carbons (Fsp3) is 0.231. The number of halogens is 3. The molecular formula is C13H12BrClIN3. The predicted octanol–water partition coefficient (Wildman–Crippen LogP) is 4.99. The van der Waals surface area contributed by atoms with Crippen molar-refractivity contribution in [3.05, 3.63) is 37.5 Å². The molecular weight excluding hydrogens is 440 g/mol. The Kier molecular flexibility index (Phi) is 5.41. The lowest BCUT2D eigenvalue weighted by Gasteiger charge is -2.09. The molecule has 0 aliphatic carbocycles. The Labute approximate surface area is 139 Å². The van der Waals surface area contributed by atoms with Crippen molar-refractivity contribution in [2.45, 2.75) is 13.3 Å². The zero-order chi connectivity index (χ0) is 13.8. The molecule has 0 aliphatic heterocycles. The van der Waals surface area contributed by atoms with Gasteiger partial charge in [0.1, 0.15) is 5.82 Å². The van der Waals surface area contributed by atoms with Gasteiger partial charge in [-0.3, -0.25) is 0 Å². The standard InChI is InChI=1S/C13H12BrClIN3/c1-2-5-17-13-11(16)7-18-12(19-13)9-4-3-8(15)6-10(9)14/h3-4,6-7H,2,5H2,1H3,(H,17,18,19). The topological polar surface area (TPSA) is 37.8 Å². The van der Waals surface area contributed by atoms with Gasteiger partial charge < -0.3 is 5.32 Å². The van der Waals surface area contributed by atoms with E-state index in [1.54, 1.807) is 0 Å². The van der Waals surface area contributed by atoms with Gasteiger partial charge in [0.25, 0.3) is 0 Å². The number of aromatic nitrogens is 2. The molecule has 0 bridgehead atoms. The molecule has 1 N–H and O–H groups in total. The van der Waals surface area contributed by atoms with Crippen LogP contribution in [0.3, 0.4) is 0 Å². The Morgan fingerprint density at radius 1 is 1.42 bits per heavy atom. The first kappa shape index (κ1) is 15.0. The molecule has 1 aromatic carbocycles. The fourth-order valence-corrected chi connectivity index (χ4v) is 2.85. The third kappa shape index (κ3) is 3.79. The number of anilines is 1. The van der Waals surface area contributed by atoms with Crippen molar-refractivity contribution in [3.8, 4) is 11.4 Å². The van der Waals surface area contributed by atoms with E-state index in [9.17, 15) is 0 Å². The summed E-state index contributed by atoms with van der Waals surface area (Å²) in [6.07, 6.45) is 2.88. The molecule has 0 aliphatic rings. The highest BCUT2D eigenvalue weighted by Crippen LogP contribution is 2.29. The second kappa shape index (κ2) is 6.85. The van der Waals surface area contributed by atoms with Crippen LogP contribution in [-0.2, 0) is 0 Å². The van der Waals surface area contributed by atoms with Gasteiger partial charge in [0.2, 0.25) is 0 Å². The molecule has 2 rings (SSSR count). The average molecular weight is 453 g/mol. The first-order chi connectivity index (χ1) is 9.11. The van der Waals surface area contributed by atoms with E-state index in [0.717, 1.165) is 32.4 Å². The minimum atomic E-state index is 0.683. The lowest BCUT2D eigenvalue weighted by atomic mass is 10.2. The molecule has 0 spiro atoms. The Morgan fingerprint density at radius 2 is 2.21 bits per heavy atom. The van der Waals surface area contributed by atoms with Gasteiger partial charge in [0.15, 0.2) is 5.82 Å². The lowest BCUT2D eigenvalue weighted by molar-refractivity contribution is 0.963. The summed E-state index contributed by atoms with van der Waals surface area (Å²) in [4.78, 5) is 8.94. The van der Waals surface area contributed by atoms with E-state index in [1.807, 2.05) is 24.4 Å². The van der Waals surface area contributed by atoms with E-state index in [-0.39, 0.29) is 0 Å². The quantitative estimate of drug-likeness (QED) is 0.665. The molecule has 6 heteroatoms. The van der Waals surface area contributed by atoms with Crippen LogP contribution in [0.5, 0.6) is 0 Å². The summed E-state index contributed by atoms with van der Waals surface area (Å²) in [5.74, 6) is 1.55. The highest BCUT2D eigenvalue weighted by molar-refractivity contribution is 14.1. The molecule has 1 heterocycles. The van der Waals surface area contributed by atoms with Crippen molar-refractivity contribution in [2.75, 3.05) is 11.9 Å². The molecule has 0 saturated heterocycles. The van der Waals surface area contributed by atoms with Crippen LogP contribution in [0, 0.1) is 3.57 Å². The van der Waals surface area contributed by atoms with Crippen molar-refractivity contribution >= 4 is 55.9 Å². The lowest BCUT2D eigenvalue weighted by Crippen LogP contribution is -2.05. The summed E-state index contributed by atoms with van der Waals surface area (Å²) < 4.78 is 1.91. The summed E-state index contributed by atoms with van der Waals surface area (Å²) in [7, 11) is 0. The fourth-order valence-electron chi connectivity index (χ4n) is 1.54. The molecule has 100 valence electrons. The van der Waals surface area contributed by atoms with Crippen molar-refractivity contribution in [1.82, 2.24) is 9.97 Å². The van der Waals surface area contributed by atoms with Gasteiger partial charge in [0, 0.05) is 27.8 Å². The van der Waals surface area contributed by atoms with Gasteiger partial charge in [-0.2, -0.15) is 0 Å². The summed E-state index contributed by atoms with van der Waals surface area (Å²) in [5, 5.41) is 3.99. The van der Waals surface area contributed by atoms with E-state index in [1.165, 1.54) is 0 Å². The Bertz CT molecular complexity index is 592. The second-order valence-electron chi connectivity index (χ2n) is 3.94. The van der Waals surface area contributed by atoms with Crippen molar-refractivity contribution in [3.63, 3.8) is 0 Å². The number of nitrogens with zero attached hydrogens (tertiary/aromatic N) is 2. The zero-order valence-corrected chi connectivity index (χ0v) is 14.8. The minimum Gasteiger partial charge on any atom is -0.369 e. The van der Waals surface area contributed by atoms with Gasteiger partial charge in [-0.25, -0.2) is 9.97 Å². The van der Waals surface area contributed by atoms with Gasteiger partial charge in [-0.05, 0) is 63.1 Å². The van der Waals surface area contributed by atoms with E-state index in [2.05, 4.69) is 60.7 Å². The number of benzene rings is 1. The zero-order valence-electron chi connectivity index (χ0n) is 10.3. The normalized spacial score (nSPS) is 10.5. The van der Waals surface area contributed by atoms with Gasteiger partial charge in [-0.1, -0.05) is 18.5 Å². The maximum absolute atomic E-state index is 5.95. The maximum Gasteiger partial charge on any atom is 0.162 e. The van der Waals surface area contributed by atoms with E-state index < -0.39 is 0 Å². The molecule has 0 amide bonds. The molecule has 1 aromatic heterocycles. The third-order valence-electron chi connectivity index (χ3n) is 2.46. The van der Waals surface area contributed by atoms with E-state index >= 15 is 0 Å². The van der Waals surface area contributed by atoms with Crippen LogP contribution in [0.2, 0.25) is 5.02 Å². The van der Waals surface area contributed by atoms with Crippen LogP contribution >= 0.6 is 50.1 Å². The first-order valence-electron chi connectivity index (χ1n) is 5.83. The smallest absolute Gasteiger partial charge is 0.162 e. The van der Waals surface area contributed by atoms with Crippen molar-refractivity contribution < 1.29 is 0 Å². The molecule has 3 nitrogen and oxygen atoms in total. The number of nitrogens with one attached hydrogen (secondary N) is 1. The Balaban J connectivity index is 2.39. The van der Waals surface area contributed by atoms with Gasteiger partial charge in [-0.15, -0.1) is 0 Å². The average Bonchev–Trinajstić information content (AvgIpc) is 2.38. The third-order valence-corrected chi connectivity index (χ3v) is 4.14. The number of hydrogen-bond acceptors (Lipinski definition) is 3. The largest absolute Gasteiger partial charge is 0.369 e. The Hall–Kier alpha value is -0.400. The van der Waals surface area contributed by atoms with E-state index in [0.29, 0.717) is 10.8 Å². The summed E-state index contributed by atoms with van der Waals surface area (Å²) in [5.41, 5.74) is 0.931. The van der Waals surface area contributed by atoms with Crippen LogP contribution in [0.15, 0.2) is 28.9 Å². The summed E-state index contributed by atoms with van der Waals surface area (Å²) in [6, 6.07) is 5.59. The van der Waals surface area contributed by atoms with E-state index in [4.69, 9.17) is 11.6 Å². The second-order valence-corrected chi connectivity index (χ2v) is 6.39. The highest BCUT2D eigenvalue weighted by atomic mass is 127. The van der Waals surface area contributed by atoms with Crippen LogP contribution in [-0.4, -0.2) is 16.5 Å². The Morgan fingerprint density at radius 3 is 2.89 bits per heavy atom. The molecule has 0 fully saturated rings. The number of hydrogen-bond donors (Lipinski definition) is 1. The van der Waals surface area contributed by atoms with Crippen molar-refractivity contribution in [1.29, 1.82) is 0 Å². The van der Waals surface area contributed by atoms with Crippen LogP contribution in [0.25, 0.3) is 11.4 Å². The molecule has 0 unspecified atom stereocenters. The van der Waals surface area contributed by atoms with Gasteiger partial charge >= 0.3 is 0 Å². The summed E-state index contributed by atoms with van der Waals surface area (Å²) in [6.45, 7) is 3.02. The van der Waals surface area contributed by atoms with Crippen LogP contribution in [0.4, 0.5) is 5.82 Å². The number of rotatable bonds is 4. The predicted molar refractivity (Wildman–Crippen MR) is 91.7 cm³/mol. The summed E-state index contributed by atoms with van der Waals surface area (Å²) >= 11 is 11.7.